The van der Waals surface area contributed by atoms with E-state index in [0.717, 1.165) is 25.9 Å². The van der Waals surface area contributed by atoms with E-state index in [1.807, 2.05) is 7.05 Å². The smallest absolute Gasteiger partial charge is 0.224 e. The third-order valence-electron chi connectivity index (χ3n) is 3.16. The van der Waals surface area contributed by atoms with Crippen LogP contribution in [0.2, 0.25) is 5.02 Å². The van der Waals surface area contributed by atoms with Crippen molar-refractivity contribution in [2.75, 3.05) is 31.2 Å². The quantitative estimate of drug-likeness (QED) is 0.644. The first-order chi connectivity index (χ1) is 9.88. The van der Waals surface area contributed by atoms with Gasteiger partial charge in [0.2, 0.25) is 5.91 Å². The van der Waals surface area contributed by atoms with Crippen LogP contribution in [-0.4, -0.2) is 42.2 Å². The number of carbonyl (C=O) groups excluding carboxylic acids is 1. The van der Waals surface area contributed by atoms with Gasteiger partial charge < -0.3 is 21.1 Å². The van der Waals surface area contributed by atoms with E-state index in [1.165, 1.54) is 0 Å². The molecule has 0 spiro atoms. The lowest BCUT2D eigenvalue weighted by molar-refractivity contribution is -0.116. The fourth-order valence-corrected chi connectivity index (χ4v) is 2.07. The van der Waals surface area contributed by atoms with E-state index in [4.69, 9.17) is 17.3 Å². The molecule has 6 heteroatoms. The zero-order chi connectivity index (χ0) is 15.8. The van der Waals surface area contributed by atoms with Gasteiger partial charge in [-0.2, -0.15) is 0 Å². The molecule has 21 heavy (non-hydrogen) atoms. The summed E-state index contributed by atoms with van der Waals surface area (Å²) in [6.45, 7) is 3.41. The summed E-state index contributed by atoms with van der Waals surface area (Å²) in [7, 11) is 1.98. The van der Waals surface area contributed by atoms with Gasteiger partial charge in [0.05, 0.1) is 17.5 Å². The first-order valence-corrected chi connectivity index (χ1v) is 7.47. The first-order valence-electron chi connectivity index (χ1n) is 7.10. The molecule has 0 aliphatic rings. The number of anilines is 2. The second kappa shape index (κ2) is 8.87. The van der Waals surface area contributed by atoms with Crippen LogP contribution in [-0.2, 0) is 4.79 Å². The standard InChI is InChI=1S/C15H24ClN3O2/c1-11(20)7-9-19(2)8-3-4-15(21)18-14-6-5-12(16)10-13(14)17/h5-6,10-11,20H,3-4,7-9,17H2,1-2H3,(H,18,21). The third kappa shape index (κ3) is 7.32. The molecule has 0 saturated heterocycles. The van der Waals surface area contributed by atoms with Gasteiger partial charge in [0.1, 0.15) is 0 Å². The Morgan fingerprint density at radius 3 is 2.81 bits per heavy atom. The van der Waals surface area contributed by atoms with Crippen LogP contribution >= 0.6 is 11.6 Å². The van der Waals surface area contributed by atoms with E-state index in [2.05, 4.69) is 10.2 Å². The van der Waals surface area contributed by atoms with E-state index < -0.39 is 0 Å². The van der Waals surface area contributed by atoms with E-state index in [-0.39, 0.29) is 12.0 Å². The van der Waals surface area contributed by atoms with Crippen molar-refractivity contribution in [1.29, 1.82) is 0 Å². The molecule has 0 saturated carbocycles. The van der Waals surface area contributed by atoms with Gasteiger partial charge in [0, 0.05) is 18.0 Å². The van der Waals surface area contributed by atoms with Crippen molar-refractivity contribution in [2.45, 2.75) is 32.3 Å². The summed E-state index contributed by atoms with van der Waals surface area (Å²) < 4.78 is 0. The van der Waals surface area contributed by atoms with Crippen LogP contribution in [0.25, 0.3) is 0 Å². The summed E-state index contributed by atoms with van der Waals surface area (Å²) in [6.07, 6.45) is 1.64. The first kappa shape index (κ1) is 17.8. The minimum atomic E-state index is -0.288. The second-order valence-corrected chi connectivity index (χ2v) is 5.76. The molecule has 1 rings (SSSR count). The number of aliphatic hydroxyl groups is 1. The molecule has 0 aliphatic carbocycles. The largest absolute Gasteiger partial charge is 0.397 e. The number of nitrogens with zero attached hydrogens (tertiary/aromatic N) is 1. The Labute approximate surface area is 131 Å². The number of hydrogen-bond donors (Lipinski definition) is 3. The fraction of sp³-hybridized carbons (Fsp3) is 0.533. The highest BCUT2D eigenvalue weighted by molar-refractivity contribution is 6.31. The molecule has 0 aliphatic heterocycles. The highest BCUT2D eigenvalue weighted by Gasteiger charge is 2.07. The predicted octanol–water partition coefficient (Wildman–Crippen LogP) is 2.34. The molecule has 1 aromatic carbocycles. The molecule has 5 nitrogen and oxygen atoms in total. The minimum absolute atomic E-state index is 0.0621. The number of rotatable bonds is 8. The van der Waals surface area contributed by atoms with Crippen LogP contribution in [0.5, 0.6) is 0 Å². The molecule has 1 unspecified atom stereocenters. The molecule has 118 valence electrons. The average molecular weight is 314 g/mol. The summed E-state index contributed by atoms with van der Waals surface area (Å²) in [5.41, 5.74) is 6.84. The number of carbonyl (C=O) groups is 1. The van der Waals surface area contributed by atoms with Gasteiger partial charge in [-0.3, -0.25) is 4.79 Å². The maximum atomic E-state index is 11.8. The number of amides is 1. The Balaban J connectivity index is 2.28. The van der Waals surface area contributed by atoms with Crippen molar-refractivity contribution in [3.05, 3.63) is 23.2 Å². The number of nitrogens with one attached hydrogen (secondary N) is 1. The molecule has 1 atom stereocenters. The Morgan fingerprint density at radius 1 is 1.48 bits per heavy atom. The van der Waals surface area contributed by atoms with Crippen molar-refractivity contribution >= 4 is 28.9 Å². The van der Waals surface area contributed by atoms with Crippen molar-refractivity contribution < 1.29 is 9.90 Å². The third-order valence-corrected chi connectivity index (χ3v) is 3.40. The molecule has 4 N–H and O–H groups in total. The molecule has 0 radical (unpaired) electrons. The highest BCUT2D eigenvalue weighted by Crippen LogP contribution is 2.22. The molecular weight excluding hydrogens is 290 g/mol. The SMILES string of the molecule is CC(O)CCN(C)CCCC(=O)Nc1ccc(Cl)cc1N. The van der Waals surface area contributed by atoms with Crippen molar-refractivity contribution in [3.8, 4) is 0 Å². The normalized spacial score (nSPS) is 12.4. The number of nitrogens with two attached hydrogens (primary N) is 1. The van der Waals surface area contributed by atoms with Crippen LogP contribution in [0.15, 0.2) is 18.2 Å². The summed E-state index contributed by atoms with van der Waals surface area (Å²) in [5.74, 6) is -0.0621. The summed E-state index contributed by atoms with van der Waals surface area (Å²) in [4.78, 5) is 13.9. The fourth-order valence-electron chi connectivity index (χ4n) is 1.89. The monoisotopic (exact) mass is 313 g/mol. The highest BCUT2D eigenvalue weighted by atomic mass is 35.5. The molecule has 0 bridgehead atoms. The molecule has 1 amide bonds. The van der Waals surface area contributed by atoms with Gasteiger partial charge in [0.25, 0.3) is 0 Å². The lowest BCUT2D eigenvalue weighted by Gasteiger charge is -2.17. The van der Waals surface area contributed by atoms with Crippen LogP contribution in [0.3, 0.4) is 0 Å². The molecule has 1 aromatic rings. The minimum Gasteiger partial charge on any atom is -0.397 e. The van der Waals surface area contributed by atoms with Gasteiger partial charge in [0.15, 0.2) is 0 Å². The van der Waals surface area contributed by atoms with Gasteiger partial charge in [-0.15, -0.1) is 0 Å². The zero-order valence-electron chi connectivity index (χ0n) is 12.6. The number of halogens is 1. The summed E-state index contributed by atoms with van der Waals surface area (Å²) in [6, 6.07) is 5.00. The zero-order valence-corrected chi connectivity index (χ0v) is 13.4. The summed E-state index contributed by atoms with van der Waals surface area (Å²) in [5, 5.41) is 12.5. The summed E-state index contributed by atoms with van der Waals surface area (Å²) >= 11 is 5.81. The molecule has 0 heterocycles. The number of hydrogen-bond acceptors (Lipinski definition) is 4. The maximum Gasteiger partial charge on any atom is 0.224 e. The van der Waals surface area contributed by atoms with Gasteiger partial charge >= 0.3 is 0 Å². The molecule has 0 aromatic heterocycles. The average Bonchev–Trinajstić information content (AvgIpc) is 2.39. The second-order valence-electron chi connectivity index (χ2n) is 5.32. The van der Waals surface area contributed by atoms with E-state index in [1.54, 1.807) is 25.1 Å². The van der Waals surface area contributed by atoms with Gasteiger partial charge in [-0.1, -0.05) is 11.6 Å². The van der Waals surface area contributed by atoms with Crippen LogP contribution in [0.1, 0.15) is 26.2 Å². The van der Waals surface area contributed by atoms with Gasteiger partial charge in [-0.25, -0.2) is 0 Å². The number of aliphatic hydroxyl groups excluding tert-OH is 1. The van der Waals surface area contributed by atoms with Crippen molar-refractivity contribution in [1.82, 2.24) is 4.90 Å². The predicted molar refractivity (Wildman–Crippen MR) is 87.5 cm³/mol. The Kier molecular flexibility index (Phi) is 7.50. The van der Waals surface area contributed by atoms with E-state index in [9.17, 15) is 9.90 Å². The van der Waals surface area contributed by atoms with E-state index in [0.29, 0.717) is 22.8 Å². The van der Waals surface area contributed by atoms with Crippen LogP contribution in [0.4, 0.5) is 11.4 Å². The Hall–Kier alpha value is -1.30. The molecule has 0 fully saturated rings. The Bertz CT molecular complexity index is 466. The lowest BCUT2D eigenvalue weighted by atomic mass is 10.2. The molecular formula is C15H24ClN3O2. The number of benzene rings is 1. The van der Waals surface area contributed by atoms with E-state index >= 15 is 0 Å². The maximum absolute atomic E-state index is 11.8. The van der Waals surface area contributed by atoms with Crippen molar-refractivity contribution in [2.24, 2.45) is 0 Å². The van der Waals surface area contributed by atoms with Crippen LogP contribution in [0, 0.1) is 0 Å². The number of nitrogen functional groups attached to an aromatic ring is 1. The Morgan fingerprint density at radius 2 is 2.19 bits per heavy atom. The topological polar surface area (TPSA) is 78.6 Å². The van der Waals surface area contributed by atoms with Crippen LogP contribution < -0.4 is 11.1 Å². The lowest BCUT2D eigenvalue weighted by Crippen LogP contribution is -2.24. The van der Waals surface area contributed by atoms with Crippen molar-refractivity contribution in [3.63, 3.8) is 0 Å². The van der Waals surface area contributed by atoms with Gasteiger partial charge in [-0.05, 0) is 51.6 Å².